The van der Waals surface area contributed by atoms with E-state index in [4.69, 9.17) is 6.42 Å². The Hall–Kier alpha value is -0.190. The summed E-state index contributed by atoms with van der Waals surface area (Å²) in [6, 6.07) is 0.696. The maximum absolute atomic E-state index is 5.20. The SMILES string of the molecule is C#CCNC1CCCCCCC1.Cl. The highest BCUT2D eigenvalue weighted by molar-refractivity contribution is 5.85. The summed E-state index contributed by atoms with van der Waals surface area (Å²) in [6.07, 6.45) is 14.9. The summed E-state index contributed by atoms with van der Waals surface area (Å²) in [5.41, 5.74) is 0. The minimum absolute atomic E-state index is 0. The van der Waals surface area contributed by atoms with Crippen molar-refractivity contribution in [1.29, 1.82) is 0 Å². The molecule has 1 aliphatic carbocycles. The third-order valence-electron chi connectivity index (χ3n) is 2.60. The molecule has 1 nitrogen and oxygen atoms in total. The molecule has 1 rings (SSSR count). The third-order valence-corrected chi connectivity index (χ3v) is 2.60. The molecular weight excluding hydrogens is 182 g/mol. The van der Waals surface area contributed by atoms with Gasteiger partial charge in [-0.2, -0.15) is 0 Å². The lowest BCUT2D eigenvalue weighted by molar-refractivity contribution is 0.403. The zero-order chi connectivity index (χ0) is 8.65. The summed E-state index contributed by atoms with van der Waals surface area (Å²) < 4.78 is 0. The van der Waals surface area contributed by atoms with Crippen LogP contribution >= 0.6 is 12.4 Å². The van der Waals surface area contributed by atoms with Crippen molar-refractivity contribution in [1.82, 2.24) is 5.32 Å². The van der Waals surface area contributed by atoms with Crippen LogP contribution in [0.1, 0.15) is 44.9 Å². The van der Waals surface area contributed by atoms with Gasteiger partial charge in [0, 0.05) is 6.04 Å². The highest BCUT2D eigenvalue weighted by atomic mass is 35.5. The molecule has 76 valence electrons. The predicted molar refractivity (Wildman–Crippen MR) is 60.2 cm³/mol. The van der Waals surface area contributed by atoms with E-state index in [-0.39, 0.29) is 12.4 Å². The summed E-state index contributed by atoms with van der Waals surface area (Å²) in [7, 11) is 0. The average Bonchev–Trinajstić information content (AvgIpc) is 2.02. The summed E-state index contributed by atoms with van der Waals surface area (Å²) >= 11 is 0. The Kier molecular flexibility index (Phi) is 8.29. The molecule has 0 atom stereocenters. The van der Waals surface area contributed by atoms with Gasteiger partial charge in [0.25, 0.3) is 0 Å². The Morgan fingerprint density at radius 1 is 1.08 bits per heavy atom. The Labute approximate surface area is 88.1 Å². The van der Waals surface area contributed by atoms with E-state index in [1.807, 2.05) is 0 Å². The van der Waals surface area contributed by atoms with Crippen LogP contribution in [0, 0.1) is 12.3 Å². The fraction of sp³-hybridized carbons (Fsp3) is 0.818. The number of terminal acetylenes is 1. The van der Waals surface area contributed by atoms with Gasteiger partial charge in [-0.25, -0.2) is 0 Å². The van der Waals surface area contributed by atoms with Gasteiger partial charge in [-0.15, -0.1) is 18.8 Å². The predicted octanol–water partition coefficient (Wildman–Crippen LogP) is 2.74. The first-order valence-corrected chi connectivity index (χ1v) is 5.10. The number of hydrogen-bond donors (Lipinski definition) is 1. The van der Waals surface area contributed by atoms with E-state index in [1.54, 1.807) is 0 Å². The molecule has 0 spiro atoms. The van der Waals surface area contributed by atoms with E-state index in [9.17, 15) is 0 Å². The maximum atomic E-state index is 5.20. The second-order valence-corrected chi connectivity index (χ2v) is 3.63. The van der Waals surface area contributed by atoms with Crippen LogP contribution in [0.25, 0.3) is 0 Å². The molecule has 13 heavy (non-hydrogen) atoms. The van der Waals surface area contributed by atoms with Crippen molar-refractivity contribution in [3.63, 3.8) is 0 Å². The molecule has 1 aliphatic rings. The maximum Gasteiger partial charge on any atom is 0.0575 e. The van der Waals surface area contributed by atoms with Crippen LogP contribution in [-0.2, 0) is 0 Å². The first-order chi connectivity index (χ1) is 5.93. The van der Waals surface area contributed by atoms with Gasteiger partial charge in [-0.1, -0.05) is 38.0 Å². The molecule has 1 fully saturated rings. The molecule has 0 aliphatic heterocycles. The molecular formula is C11H20ClN. The lowest BCUT2D eigenvalue weighted by Gasteiger charge is -2.19. The van der Waals surface area contributed by atoms with Crippen LogP contribution in [0.15, 0.2) is 0 Å². The van der Waals surface area contributed by atoms with Crippen molar-refractivity contribution in [2.75, 3.05) is 6.54 Å². The Bertz CT molecular complexity index is 143. The van der Waals surface area contributed by atoms with Crippen molar-refractivity contribution in [2.24, 2.45) is 0 Å². The zero-order valence-corrected chi connectivity index (χ0v) is 9.04. The minimum Gasteiger partial charge on any atom is -0.303 e. The van der Waals surface area contributed by atoms with Crippen molar-refractivity contribution in [3.05, 3.63) is 0 Å². The van der Waals surface area contributed by atoms with Crippen molar-refractivity contribution in [2.45, 2.75) is 51.0 Å². The summed E-state index contributed by atoms with van der Waals surface area (Å²) in [4.78, 5) is 0. The lowest BCUT2D eigenvalue weighted by atomic mass is 9.97. The van der Waals surface area contributed by atoms with Gasteiger partial charge in [0.2, 0.25) is 0 Å². The number of halogens is 1. The largest absolute Gasteiger partial charge is 0.303 e. The van der Waals surface area contributed by atoms with Crippen LogP contribution in [-0.4, -0.2) is 12.6 Å². The van der Waals surface area contributed by atoms with Gasteiger partial charge >= 0.3 is 0 Å². The fourth-order valence-corrected chi connectivity index (χ4v) is 1.86. The number of hydrogen-bond acceptors (Lipinski definition) is 1. The van der Waals surface area contributed by atoms with E-state index in [0.29, 0.717) is 6.04 Å². The molecule has 0 heterocycles. The summed E-state index contributed by atoms with van der Waals surface area (Å²) in [6.45, 7) is 0.741. The lowest BCUT2D eigenvalue weighted by Crippen LogP contribution is -2.29. The number of rotatable bonds is 2. The normalized spacial score (nSPS) is 19.3. The van der Waals surface area contributed by atoms with Gasteiger partial charge in [0.15, 0.2) is 0 Å². The summed E-state index contributed by atoms with van der Waals surface area (Å²) in [5, 5.41) is 3.40. The standard InChI is InChI=1S/C11H19N.ClH/c1-2-10-12-11-8-6-4-3-5-7-9-11;/h1,11-12H,3-10H2;1H. The topological polar surface area (TPSA) is 12.0 Å². The molecule has 0 amide bonds. The molecule has 1 N–H and O–H groups in total. The van der Waals surface area contributed by atoms with Crippen LogP contribution < -0.4 is 5.32 Å². The zero-order valence-electron chi connectivity index (χ0n) is 8.22. The monoisotopic (exact) mass is 201 g/mol. The third kappa shape index (κ3) is 5.96. The average molecular weight is 202 g/mol. The fourth-order valence-electron chi connectivity index (χ4n) is 1.86. The molecule has 0 bridgehead atoms. The molecule has 0 radical (unpaired) electrons. The first kappa shape index (κ1) is 12.8. The minimum atomic E-state index is 0. The van der Waals surface area contributed by atoms with Gasteiger partial charge in [-0.05, 0) is 12.8 Å². The van der Waals surface area contributed by atoms with E-state index in [1.165, 1.54) is 44.9 Å². The molecule has 0 saturated heterocycles. The van der Waals surface area contributed by atoms with Crippen molar-refractivity contribution >= 4 is 12.4 Å². The second-order valence-electron chi connectivity index (χ2n) is 3.63. The highest BCUT2D eigenvalue weighted by Gasteiger charge is 2.08. The molecule has 1 saturated carbocycles. The van der Waals surface area contributed by atoms with Crippen LogP contribution in [0.2, 0.25) is 0 Å². The van der Waals surface area contributed by atoms with E-state index in [0.717, 1.165) is 6.54 Å². The van der Waals surface area contributed by atoms with Gasteiger partial charge in [0.05, 0.1) is 6.54 Å². The van der Waals surface area contributed by atoms with Crippen LogP contribution in [0.5, 0.6) is 0 Å². The Morgan fingerprint density at radius 2 is 1.62 bits per heavy atom. The summed E-state index contributed by atoms with van der Waals surface area (Å²) in [5.74, 6) is 2.64. The second kappa shape index (κ2) is 8.41. The molecule has 2 heteroatoms. The number of nitrogens with one attached hydrogen (secondary N) is 1. The molecule has 0 aromatic carbocycles. The first-order valence-electron chi connectivity index (χ1n) is 5.10. The van der Waals surface area contributed by atoms with Gasteiger partial charge < -0.3 is 5.32 Å². The van der Waals surface area contributed by atoms with E-state index in [2.05, 4.69) is 11.2 Å². The highest BCUT2D eigenvalue weighted by Crippen LogP contribution is 2.16. The smallest absolute Gasteiger partial charge is 0.0575 e. The molecule has 0 aromatic rings. The van der Waals surface area contributed by atoms with Crippen molar-refractivity contribution < 1.29 is 0 Å². The Balaban J connectivity index is 0.00000144. The van der Waals surface area contributed by atoms with E-state index >= 15 is 0 Å². The van der Waals surface area contributed by atoms with Gasteiger partial charge in [0.1, 0.15) is 0 Å². The van der Waals surface area contributed by atoms with Gasteiger partial charge in [-0.3, -0.25) is 0 Å². The quantitative estimate of drug-likeness (QED) is 0.678. The van der Waals surface area contributed by atoms with Crippen LogP contribution in [0.4, 0.5) is 0 Å². The molecule has 0 unspecified atom stereocenters. The van der Waals surface area contributed by atoms with E-state index < -0.39 is 0 Å². The Morgan fingerprint density at radius 3 is 2.15 bits per heavy atom. The molecule has 0 aromatic heterocycles. The van der Waals surface area contributed by atoms with Crippen LogP contribution in [0.3, 0.4) is 0 Å². The van der Waals surface area contributed by atoms with Crippen molar-refractivity contribution in [3.8, 4) is 12.3 Å².